The van der Waals surface area contributed by atoms with Gasteiger partial charge >= 0.3 is 0 Å². The number of hydrogen-bond acceptors (Lipinski definition) is 2. The number of nitrogens with one attached hydrogen (secondary N) is 1. The van der Waals surface area contributed by atoms with E-state index >= 15 is 0 Å². The molecule has 98 valence electrons. The maximum atomic E-state index is 5.88. The van der Waals surface area contributed by atoms with Crippen LogP contribution >= 0.6 is 0 Å². The van der Waals surface area contributed by atoms with Crippen LogP contribution in [0.5, 0.6) is 0 Å². The summed E-state index contributed by atoms with van der Waals surface area (Å²) < 4.78 is 5.88. The van der Waals surface area contributed by atoms with Gasteiger partial charge in [0.2, 0.25) is 0 Å². The molecule has 0 aromatic heterocycles. The first-order valence-electron chi connectivity index (χ1n) is 6.94. The average Bonchev–Trinajstić information content (AvgIpc) is 3.10. The fourth-order valence-electron chi connectivity index (χ4n) is 2.38. The van der Waals surface area contributed by atoms with Crippen molar-refractivity contribution in [1.29, 1.82) is 0 Å². The van der Waals surface area contributed by atoms with E-state index in [-0.39, 0.29) is 0 Å². The average molecular weight is 239 g/mol. The van der Waals surface area contributed by atoms with Crippen molar-refractivity contribution in [3.05, 3.63) is 0 Å². The molecule has 2 saturated carbocycles. The lowest BCUT2D eigenvalue weighted by atomic mass is 9.88. The number of rotatable bonds is 5. The molecule has 0 amide bonds. The van der Waals surface area contributed by atoms with Crippen LogP contribution in [0.2, 0.25) is 0 Å². The van der Waals surface area contributed by atoms with Gasteiger partial charge in [-0.25, -0.2) is 0 Å². The van der Waals surface area contributed by atoms with Gasteiger partial charge in [-0.1, -0.05) is 19.8 Å². The van der Waals surface area contributed by atoms with E-state index in [9.17, 15) is 0 Å². The van der Waals surface area contributed by atoms with Crippen molar-refractivity contribution in [3.8, 4) is 0 Å². The molecule has 3 N–H and O–H groups in total. The third-order valence-corrected chi connectivity index (χ3v) is 3.67. The lowest BCUT2D eigenvalue weighted by molar-refractivity contribution is -0.000655. The van der Waals surface area contributed by atoms with Crippen LogP contribution in [-0.2, 0) is 4.74 Å². The molecule has 0 bridgehead atoms. The zero-order valence-corrected chi connectivity index (χ0v) is 10.8. The summed E-state index contributed by atoms with van der Waals surface area (Å²) in [6.45, 7) is 3.66. The van der Waals surface area contributed by atoms with Crippen LogP contribution in [0, 0.1) is 5.92 Å². The maximum absolute atomic E-state index is 5.88. The third kappa shape index (κ3) is 4.54. The van der Waals surface area contributed by atoms with Gasteiger partial charge in [0.05, 0.1) is 19.3 Å². The molecule has 4 nitrogen and oxygen atoms in total. The Balaban J connectivity index is 1.58. The van der Waals surface area contributed by atoms with Gasteiger partial charge in [-0.05, 0) is 31.6 Å². The molecule has 0 spiro atoms. The highest BCUT2D eigenvalue weighted by atomic mass is 16.5. The van der Waals surface area contributed by atoms with Crippen LogP contribution in [0.4, 0.5) is 0 Å². The summed E-state index contributed by atoms with van der Waals surface area (Å²) in [7, 11) is 0. The second-order valence-corrected chi connectivity index (χ2v) is 5.36. The van der Waals surface area contributed by atoms with Crippen molar-refractivity contribution in [3.63, 3.8) is 0 Å². The third-order valence-electron chi connectivity index (χ3n) is 3.67. The predicted octanol–water partition coefficient (Wildman–Crippen LogP) is 1.65. The summed E-state index contributed by atoms with van der Waals surface area (Å²) >= 11 is 0. The van der Waals surface area contributed by atoms with E-state index in [2.05, 4.69) is 17.2 Å². The van der Waals surface area contributed by atoms with E-state index in [1.807, 2.05) is 0 Å². The first kappa shape index (κ1) is 12.7. The van der Waals surface area contributed by atoms with Gasteiger partial charge in [-0.15, -0.1) is 0 Å². The van der Waals surface area contributed by atoms with E-state index in [1.54, 1.807) is 0 Å². The zero-order chi connectivity index (χ0) is 12.1. The minimum atomic E-state index is 0.441. The van der Waals surface area contributed by atoms with Gasteiger partial charge < -0.3 is 15.8 Å². The van der Waals surface area contributed by atoms with Crippen LogP contribution in [0.15, 0.2) is 4.99 Å². The second kappa shape index (κ2) is 6.24. The fourth-order valence-corrected chi connectivity index (χ4v) is 2.38. The second-order valence-electron chi connectivity index (χ2n) is 5.36. The molecule has 4 heteroatoms. The smallest absolute Gasteiger partial charge is 0.188 e. The SMILES string of the molecule is C[C@@H]1CCCC[C@H]1OCCN=C(N)NC1CC1. The lowest BCUT2D eigenvalue weighted by Crippen LogP contribution is -2.34. The molecular weight excluding hydrogens is 214 g/mol. The van der Waals surface area contributed by atoms with Crippen LogP contribution in [0.1, 0.15) is 45.4 Å². The Morgan fingerprint density at radius 1 is 1.29 bits per heavy atom. The summed E-state index contributed by atoms with van der Waals surface area (Å²) in [5, 5.41) is 3.17. The Hall–Kier alpha value is -0.770. The van der Waals surface area contributed by atoms with E-state index in [0.717, 1.165) is 0 Å². The monoisotopic (exact) mass is 239 g/mol. The molecule has 2 aliphatic rings. The lowest BCUT2D eigenvalue weighted by Gasteiger charge is -2.28. The maximum Gasteiger partial charge on any atom is 0.188 e. The summed E-state index contributed by atoms with van der Waals surface area (Å²) in [5.41, 5.74) is 5.74. The highest BCUT2D eigenvalue weighted by molar-refractivity contribution is 5.78. The molecule has 0 unspecified atom stereocenters. The number of nitrogens with zero attached hydrogens (tertiary/aromatic N) is 1. The summed E-state index contributed by atoms with van der Waals surface area (Å²) in [5.74, 6) is 1.28. The van der Waals surface area contributed by atoms with Crippen molar-refractivity contribution < 1.29 is 4.74 Å². The van der Waals surface area contributed by atoms with Gasteiger partial charge in [0.1, 0.15) is 0 Å². The number of aliphatic imine (C=N–C) groups is 1. The Bertz CT molecular complexity index is 263. The highest BCUT2D eigenvalue weighted by Gasteiger charge is 2.22. The van der Waals surface area contributed by atoms with Gasteiger partial charge in [0.15, 0.2) is 5.96 Å². The number of ether oxygens (including phenoxy) is 1. The summed E-state index contributed by atoms with van der Waals surface area (Å²) in [6, 6.07) is 0.582. The quantitative estimate of drug-likeness (QED) is 0.436. The van der Waals surface area contributed by atoms with Crippen molar-refractivity contribution in [1.82, 2.24) is 5.32 Å². The molecule has 2 fully saturated rings. The zero-order valence-electron chi connectivity index (χ0n) is 10.8. The minimum Gasteiger partial charge on any atom is -0.376 e. The standard InChI is InChI=1S/C13H25N3O/c1-10-4-2-3-5-12(10)17-9-8-15-13(14)16-11-6-7-11/h10-12H,2-9H2,1H3,(H3,14,15,16)/t10-,12-/m1/s1. The molecule has 0 aromatic rings. The van der Waals surface area contributed by atoms with Gasteiger partial charge in [0, 0.05) is 6.04 Å². The predicted molar refractivity (Wildman–Crippen MR) is 70.0 cm³/mol. The fraction of sp³-hybridized carbons (Fsp3) is 0.923. The van der Waals surface area contributed by atoms with Crippen LogP contribution in [0.3, 0.4) is 0 Å². The summed E-state index contributed by atoms with van der Waals surface area (Å²) in [6.07, 6.45) is 8.08. The van der Waals surface area contributed by atoms with Crippen LogP contribution < -0.4 is 11.1 Å². The largest absolute Gasteiger partial charge is 0.376 e. The first-order valence-corrected chi connectivity index (χ1v) is 6.94. The van der Waals surface area contributed by atoms with E-state index < -0.39 is 0 Å². The summed E-state index contributed by atoms with van der Waals surface area (Å²) in [4.78, 5) is 4.27. The molecule has 0 radical (unpaired) electrons. The van der Waals surface area contributed by atoms with Gasteiger partial charge in [-0.2, -0.15) is 0 Å². The number of nitrogens with two attached hydrogens (primary N) is 1. The Morgan fingerprint density at radius 3 is 2.76 bits per heavy atom. The first-order chi connectivity index (χ1) is 8.25. The normalized spacial score (nSPS) is 30.3. The van der Waals surface area contributed by atoms with Crippen molar-refractivity contribution >= 4 is 5.96 Å². The molecule has 2 aliphatic carbocycles. The van der Waals surface area contributed by atoms with Crippen molar-refractivity contribution in [2.45, 2.75) is 57.6 Å². The molecule has 0 saturated heterocycles. The van der Waals surface area contributed by atoms with Gasteiger partial charge in [-0.3, -0.25) is 4.99 Å². The number of guanidine groups is 1. The van der Waals surface area contributed by atoms with E-state index in [1.165, 1.54) is 38.5 Å². The van der Waals surface area contributed by atoms with Crippen LogP contribution in [0.25, 0.3) is 0 Å². The molecule has 0 heterocycles. The van der Waals surface area contributed by atoms with E-state index in [4.69, 9.17) is 10.5 Å². The topological polar surface area (TPSA) is 59.6 Å². The highest BCUT2D eigenvalue weighted by Crippen LogP contribution is 2.26. The van der Waals surface area contributed by atoms with Crippen LogP contribution in [-0.4, -0.2) is 31.3 Å². The number of hydrogen-bond donors (Lipinski definition) is 2. The Kier molecular flexibility index (Phi) is 4.66. The minimum absolute atomic E-state index is 0.441. The molecule has 17 heavy (non-hydrogen) atoms. The molecule has 2 rings (SSSR count). The Morgan fingerprint density at radius 2 is 2.06 bits per heavy atom. The van der Waals surface area contributed by atoms with Crippen molar-refractivity contribution in [2.75, 3.05) is 13.2 Å². The van der Waals surface area contributed by atoms with Gasteiger partial charge in [0.25, 0.3) is 0 Å². The van der Waals surface area contributed by atoms with Crippen molar-refractivity contribution in [2.24, 2.45) is 16.6 Å². The molecule has 0 aromatic carbocycles. The molecule has 0 aliphatic heterocycles. The Labute approximate surface area is 104 Å². The molecular formula is C13H25N3O. The van der Waals surface area contributed by atoms with E-state index in [0.29, 0.717) is 37.2 Å². The molecule has 2 atom stereocenters.